The van der Waals surface area contributed by atoms with E-state index in [1.165, 1.54) is 0 Å². The number of para-hydroxylation sites is 1. The Balaban J connectivity index is 2.24. The van der Waals surface area contributed by atoms with Crippen molar-refractivity contribution in [2.24, 2.45) is 7.05 Å². The third-order valence-electron chi connectivity index (χ3n) is 2.50. The Bertz CT molecular complexity index is 574. The molecular weight excluding hydrogens is 188 g/mol. The molecule has 0 saturated carbocycles. The molecule has 0 spiro atoms. The summed E-state index contributed by atoms with van der Waals surface area (Å²) >= 11 is 0. The third kappa shape index (κ3) is 1.24. The van der Waals surface area contributed by atoms with Crippen LogP contribution in [-0.2, 0) is 7.05 Å². The van der Waals surface area contributed by atoms with Gasteiger partial charge in [-0.3, -0.25) is 4.68 Å². The lowest BCUT2D eigenvalue weighted by Crippen LogP contribution is -1.91. The fourth-order valence-electron chi connectivity index (χ4n) is 1.72. The fraction of sp³-hybridized carbons (Fsp3) is 0.0833. The van der Waals surface area contributed by atoms with Gasteiger partial charge in [0.2, 0.25) is 0 Å². The quantitative estimate of drug-likeness (QED) is 0.602. The number of hydrogen-bond donors (Lipinski definition) is 0. The van der Waals surface area contributed by atoms with E-state index < -0.39 is 0 Å². The predicted octanol–water partition coefficient (Wildman–Crippen LogP) is 2.83. The smallest absolute Gasteiger partial charge is 0.153 e. The van der Waals surface area contributed by atoms with Crippen LogP contribution in [0.25, 0.3) is 22.4 Å². The van der Waals surface area contributed by atoms with Gasteiger partial charge in [-0.25, -0.2) is 0 Å². The standard InChI is InChI=1S/C12H10N2O/c1-14-10(6-7-13-14)12-8-9-4-2-3-5-11(9)15-12/h2-8H,1H3. The molecule has 0 amide bonds. The molecule has 15 heavy (non-hydrogen) atoms. The zero-order valence-electron chi connectivity index (χ0n) is 8.34. The highest BCUT2D eigenvalue weighted by Gasteiger charge is 2.08. The van der Waals surface area contributed by atoms with Crippen LogP contribution in [0.5, 0.6) is 0 Å². The Labute approximate surface area is 86.9 Å². The molecule has 3 nitrogen and oxygen atoms in total. The number of nitrogens with zero attached hydrogens (tertiary/aromatic N) is 2. The van der Waals surface area contributed by atoms with Crippen molar-refractivity contribution >= 4 is 11.0 Å². The van der Waals surface area contributed by atoms with E-state index in [4.69, 9.17) is 4.42 Å². The average molecular weight is 198 g/mol. The molecule has 74 valence electrons. The van der Waals surface area contributed by atoms with Gasteiger partial charge >= 0.3 is 0 Å². The predicted molar refractivity (Wildman–Crippen MR) is 58.4 cm³/mol. The highest BCUT2D eigenvalue weighted by molar-refractivity contribution is 5.82. The average Bonchev–Trinajstić information content (AvgIpc) is 2.82. The van der Waals surface area contributed by atoms with Crippen molar-refractivity contribution in [1.29, 1.82) is 0 Å². The van der Waals surface area contributed by atoms with Crippen molar-refractivity contribution in [2.45, 2.75) is 0 Å². The number of aromatic nitrogens is 2. The maximum atomic E-state index is 5.73. The second-order valence-corrected chi connectivity index (χ2v) is 3.49. The SMILES string of the molecule is Cn1nccc1-c1cc2ccccc2o1. The Morgan fingerprint density at radius 3 is 2.80 bits per heavy atom. The Kier molecular flexibility index (Phi) is 1.65. The van der Waals surface area contributed by atoms with Gasteiger partial charge < -0.3 is 4.42 Å². The highest BCUT2D eigenvalue weighted by Crippen LogP contribution is 2.26. The summed E-state index contributed by atoms with van der Waals surface area (Å²) in [6.07, 6.45) is 1.77. The van der Waals surface area contributed by atoms with Gasteiger partial charge in [-0.15, -0.1) is 0 Å². The number of furan rings is 1. The Morgan fingerprint density at radius 1 is 1.20 bits per heavy atom. The van der Waals surface area contributed by atoms with E-state index >= 15 is 0 Å². The van der Waals surface area contributed by atoms with E-state index in [2.05, 4.69) is 5.10 Å². The molecule has 0 unspecified atom stereocenters. The summed E-state index contributed by atoms with van der Waals surface area (Å²) in [6.45, 7) is 0. The lowest BCUT2D eigenvalue weighted by Gasteiger charge is -1.95. The number of rotatable bonds is 1. The maximum absolute atomic E-state index is 5.73. The number of fused-ring (bicyclic) bond motifs is 1. The number of benzene rings is 1. The summed E-state index contributed by atoms with van der Waals surface area (Å²) < 4.78 is 7.54. The lowest BCUT2D eigenvalue weighted by atomic mass is 10.2. The Hall–Kier alpha value is -2.03. The zero-order valence-corrected chi connectivity index (χ0v) is 8.34. The van der Waals surface area contributed by atoms with Gasteiger partial charge in [0, 0.05) is 18.6 Å². The molecule has 0 aliphatic carbocycles. The van der Waals surface area contributed by atoms with Gasteiger partial charge in [0.25, 0.3) is 0 Å². The van der Waals surface area contributed by atoms with E-state index in [1.54, 1.807) is 10.9 Å². The summed E-state index contributed by atoms with van der Waals surface area (Å²) in [5.74, 6) is 0.858. The van der Waals surface area contributed by atoms with Crippen molar-refractivity contribution in [3.05, 3.63) is 42.6 Å². The van der Waals surface area contributed by atoms with Crippen LogP contribution in [0.3, 0.4) is 0 Å². The van der Waals surface area contributed by atoms with Crippen LogP contribution >= 0.6 is 0 Å². The first-order chi connectivity index (χ1) is 7.34. The van der Waals surface area contributed by atoms with Crippen molar-refractivity contribution < 1.29 is 4.42 Å². The minimum atomic E-state index is 0.858. The van der Waals surface area contributed by atoms with E-state index in [0.29, 0.717) is 0 Å². The van der Waals surface area contributed by atoms with Crippen LogP contribution in [-0.4, -0.2) is 9.78 Å². The second-order valence-electron chi connectivity index (χ2n) is 3.49. The largest absolute Gasteiger partial charge is 0.454 e. The lowest BCUT2D eigenvalue weighted by molar-refractivity contribution is 0.618. The molecule has 0 radical (unpaired) electrons. The van der Waals surface area contributed by atoms with Crippen LogP contribution in [0.1, 0.15) is 0 Å². The first-order valence-electron chi connectivity index (χ1n) is 4.81. The number of aryl methyl sites for hydroxylation is 1. The first-order valence-corrected chi connectivity index (χ1v) is 4.81. The molecule has 0 N–H and O–H groups in total. The summed E-state index contributed by atoms with van der Waals surface area (Å²) in [4.78, 5) is 0. The highest BCUT2D eigenvalue weighted by atomic mass is 16.3. The normalized spacial score (nSPS) is 11.0. The van der Waals surface area contributed by atoms with E-state index in [9.17, 15) is 0 Å². The van der Waals surface area contributed by atoms with Crippen LogP contribution in [0, 0.1) is 0 Å². The zero-order chi connectivity index (χ0) is 10.3. The monoisotopic (exact) mass is 198 g/mol. The van der Waals surface area contributed by atoms with Crippen LogP contribution < -0.4 is 0 Å². The molecule has 0 fully saturated rings. The van der Waals surface area contributed by atoms with Gasteiger partial charge in [-0.05, 0) is 18.2 Å². The summed E-state index contributed by atoms with van der Waals surface area (Å²) in [7, 11) is 1.91. The fourth-order valence-corrected chi connectivity index (χ4v) is 1.72. The van der Waals surface area contributed by atoms with Crippen LogP contribution in [0.15, 0.2) is 47.0 Å². The molecule has 3 heteroatoms. The van der Waals surface area contributed by atoms with Gasteiger partial charge in [-0.1, -0.05) is 18.2 Å². The minimum Gasteiger partial charge on any atom is -0.454 e. The molecule has 0 aliphatic rings. The summed E-state index contributed by atoms with van der Waals surface area (Å²) in [5, 5.41) is 5.24. The van der Waals surface area contributed by atoms with Gasteiger partial charge in [0.1, 0.15) is 11.3 Å². The van der Waals surface area contributed by atoms with Gasteiger partial charge in [0.05, 0.1) is 0 Å². The molecular formula is C12H10N2O. The van der Waals surface area contributed by atoms with Crippen LogP contribution in [0.4, 0.5) is 0 Å². The molecule has 0 saturated heterocycles. The van der Waals surface area contributed by atoms with Gasteiger partial charge in [0.15, 0.2) is 5.76 Å². The van der Waals surface area contributed by atoms with Crippen molar-refractivity contribution in [3.63, 3.8) is 0 Å². The molecule has 2 aromatic heterocycles. The topological polar surface area (TPSA) is 31.0 Å². The van der Waals surface area contributed by atoms with Gasteiger partial charge in [-0.2, -0.15) is 5.10 Å². The van der Waals surface area contributed by atoms with Crippen LogP contribution in [0.2, 0.25) is 0 Å². The number of hydrogen-bond acceptors (Lipinski definition) is 2. The van der Waals surface area contributed by atoms with E-state index in [1.807, 2.05) is 43.4 Å². The third-order valence-corrected chi connectivity index (χ3v) is 2.50. The molecule has 3 rings (SSSR count). The van der Waals surface area contributed by atoms with E-state index in [-0.39, 0.29) is 0 Å². The molecule has 0 aliphatic heterocycles. The van der Waals surface area contributed by atoms with E-state index in [0.717, 1.165) is 22.4 Å². The summed E-state index contributed by atoms with van der Waals surface area (Å²) in [6, 6.07) is 12.0. The second kappa shape index (κ2) is 2.98. The maximum Gasteiger partial charge on any atom is 0.153 e. The Morgan fingerprint density at radius 2 is 2.07 bits per heavy atom. The van der Waals surface area contributed by atoms with Crippen molar-refractivity contribution in [3.8, 4) is 11.5 Å². The molecule has 1 aromatic carbocycles. The van der Waals surface area contributed by atoms with Crippen molar-refractivity contribution in [1.82, 2.24) is 9.78 Å². The molecule has 2 heterocycles. The molecule has 0 atom stereocenters. The first kappa shape index (κ1) is 8.29. The molecule has 0 bridgehead atoms. The molecule has 3 aromatic rings. The minimum absolute atomic E-state index is 0.858. The summed E-state index contributed by atoms with van der Waals surface area (Å²) in [5.41, 5.74) is 1.90. The van der Waals surface area contributed by atoms with Crippen molar-refractivity contribution in [2.75, 3.05) is 0 Å².